The van der Waals surface area contributed by atoms with Crippen LogP contribution in [0.4, 0.5) is 0 Å². The molecule has 2 atom stereocenters. The summed E-state index contributed by atoms with van der Waals surface area (Å²) in [5, 5.41) is 5.50. The predicted octanol–water partition coefficient (Wildman–Crippen LogP) is 3.44. The third-order valence-electron chi connectivity index (χ3n) is 3.16. The zero-order chi connectivity index (χ0) is 14.1. The van der Waals surface area contributed by atoms with Gasteiger partial charge in [-0.15, -0.1) is 11.8 Å². The zero-order valence-corrected chi connectivity index (χ0v) is 13.7. The fourth-order valence-corrected chi connectivity index (χ4v) is 5.06. The lowest BCUT2D eigenvalue weighted by atomic mass is 10.2. The molecule has 0 saturated carbocycles. The van der Waals surface area contributed by atoms with Gasteiger partial charge >= 0.3 is 0 Å². The first kappa shape index (κ1) is 14.2. The largest absolute Gasteiger partial charge is 0.275 e. The lowest BCUT2D eigenvalue weighted by Gasteiger charge is -2.26. The van der Waals surface area contributed by atoms with Crippen LogP contribution in [-0.2, 0) is 7.05 Å². The fourth-order valence-electron chi connectivity index (χ4n) is 2.18. The van der Waals surface area contributed by atoms with Gasteiger partial charge in [-0.2, -0.15) is 16.9 Å². The molecule has 7 heteroatoms. The number of halogens is 1. The lowest BCUT2D eigenvalue weighted by Crippen LogP contribution is -2.18. The van der Waals surface area contributed by atoms with Gasteiger partial charge in [0.2, 0.25) is 0 Å². The van der Waals surface area contributed by atoms with Crippen LogP contribution in [0.5, 0.6) is 0 Å². The second-order valence-corrected chi connectivity index (χ2v) is 7.83. The van der Waals surface area contributed by atoms with Crippen LogP contribution in [0.25, 0.3) is 11.3 Å². The third kappa shape index (κ3) is 2.97. The van der Waals surface area contributed by atoms with Crippen molar-refractivity contribution in [2.24, 2.45) is 7.05 Å². The molecule has 0 bridgehead atoms. The maximum atomic E-state index is 6.18. The molecule has 1 aliphatic heterocycles. The summed E-state index contributed by atoms with van der Waals surface area (Å²) in [7, 11) is 1.89. The molecule has 2 aromatic rings. The molecule has 0 aromatic carbocycles. The maximum absolute atomic E-state index is 6.18. The Balaban J connectivity index is 1.98. The number of thioether (sulfide) groups is 2. The van der Waals surface area contributed by atoms with Crippen molar-refractivity contribution in [3.05, 3.63) is 29.4 Å². The van der Waals surface area contributed by atoms with Crippen molar-refractivity contribution in [1.29, 1.82) is 0 Å². The molecule has 2 unspecified atom stereocenters. The van der Waals surface area contributed by atoms with Gasteiger partial charge in [0.05, 0.1) is 17.1 Å². The Hall–Kier alpha value is -0.720. The summed E-state index contributed by atoms with van der Waals surface area (Å²) in [6.07, 6.45) is 3.74. The minimum atomic E-state index is 0.308. The molecule has 1 fully saturated rings. The topological polar surface area (TPSA) is 43.6 Å². The molecule has 0 spiro atoms. The standard InChI is InChI=1S/C13H15ClN4S2/c1-8-12(20-4-3-19-8)13-16-10(5-11(14)17-13)9-6-15-18(2)7-9/h5-8,12H,3-4H2,1-2H3. The van der Waals surface area contributed by atoms with E-state index in [0.29, 0.717) is 15.7 Å². The van der Waals surface area contributed by atoms with E-state index >= 15 is 0 Å². The van der Waals surface area contributed by atoms with Gasteiger partial charge in [0.25, 0.3) is 0 Å². The Morgan fingerprint density at radius 2 is 2.10 bits per heavy atom. The second-order valence-electron chi connectivity index (χ2n) is 4.70. The molecule has 1 saturated heterocycles. The van der Waals surface area contributed by atoms with Crippen molar-refractivity contribution in [2.45, 2.75) is 17.4 Å². The first-order chi connectivity index (χ1) is 9.63. The van der Waals surface area contributed by atoms with Crippen LogP contribution in [0, 0.1) is 0 Å². The maximum Gasteiger partial charge on any atom is 0.144 e. The van der Waals surface area contributed by atoms with Crippen molar-refractivity contribution in [3.8, 4) is 11.3 Å². The fraction of sp³-hybridized carbons (Fsp3) is 0.462. The van der Waals surface area contributed by atoms with Gasteiger partial charge in [-0.3, -0.25) is 4.68 Å². The van der Waals surface area contributed by atoms with E-state index in [2.05, 4.69) is 17.0 Å². The second kappa shape index (κ2) is 5.95. The van der Waals surface area contributed by atoms with Gasteiger partial charge in [0.1, 0.15) is 11.0 Å². The summed E-state index contributed by atoms with van der Waals surface area (Å²) in [5.41, 5.74) is 1.82. The van der Waals surface area contributed by atoms with Crippen molar-refractivity contribution in [1.82, 2.24) is 19.7 Å². The smallest absolute Gasteiger partial charge is 0.144 e. The quantitative estimate of drug-likeness (QED) is 0.791. The first-order valence-electron chi connectivity index (χ1n) is 6.40. The highest BCUT2D eigenvalue weighted by molar-refractivity contribution is 8.06. The van der Waals surface area contributed by atoms with Crippen LogP contribution in [0.15, 0.2) is 18.5 Å². The van der Waals surface area contributed by atoms with Gasteiger partial charge in [0.15, 0.2) is 0 Å². The number of hydrogen-bond donors (Lipinski definition) is 0. The molecule has 0 aliphatic carbocycles. The molecule has 0 N–H and O–H groups in total. The van der Waals surface area contributed by atoms with E-state index in [0.717, 1.165) is 22.8 Å². The monoisotopic (exact) mass is 326 g/mol. The summed E-state index contributed by atoms with van der Waals surface area (Å²) in [4.78, 5) is 9.14. The van der Waals surface area contributed by atoms with Gasteiger partial charge < -0.3 is 0 Å². The average Bonchev–Trinajstić information content (AvgIpc) is 2.85. The Bertz CT molecular complexity index is 616. The Labute approximate surface area is 131 Å². The lowest BCUT2D eigenvalue weighted by molar-refractivity contribution is 0.768. The predicted molar refractivity (Wildman–Crippen MR) is 86.4 cm³/mol. The molecule has 1 aliphatic rings. The van der Waals surface area contributed by atoms with E-state index in [4.69, 9.17) is 16.6 Å². The number of aromatic nitrogens is 4. The minimum Gasteiger partial charge on any atom is -0.275 e. The molecule has 106 valence electrons. The van der Waals surface area contributed by atoms with Gasteiger partial charge in [0, 0.05) is 41.6 Å². The molecule has 3 heterocycles. The van der Waals surface area contributed by atoms with Gasteiger partial charge in [-0.05, 0) is 0 Å². The highest BCUT2D eigenvalue weighted by Gasteiger charge is 2.27. The SMILES string of the molecule is CC1SCCSC1c1nc(Cl)cc(-c2cnn(C)c2)n1. The summed E-state index contributed by atoms with van der Waals surface area (Å²) in [6, 6.07) is 1.80. The van der Waals surface area contributed by atoms with E-state index in [9.17, 15) is 0 Å². The molecular formula is C13H15ClN4S2. The first-order valence-corrected chi connectivity index (χ1v) is 8.88. The summed E-state index contributed by atoms with van der Waals surface area (Å²) in [5.74, 6) is 3.16. The van der Waals surface area contributed by atoms with Crippen molar-refractivity contribution >= 4 is 35.1 Å². The molecular weight excluding hydrogens is 312 g/mol. The summed E-state index contributed by atoms with van der Waals surface area (Å²) in [6.45, 7) is 2.23. The van der Waals surface area contributed by atoms with E-state index in [1.54, 1.807) is 16.9 Å². The van der Waals surface area contributed by atoms with Crippen LogP contribution in [0.2, 0.25) is 5.15 Å². The molecule has 4 nitrogen and oxygen atoms in total. The van der Waals surface area contributed by atoms with E-state index in [1.165, 1.54) is 5.75 Å². The summed E-state index contributed by atoms with van der Waals surface area (Å²) < 4.78 is 1.76. The number of aryl methyl sites for hydroxylation is 1. The van der Waals surface area contributed by atoms with Crippen molar-refractivity contribution in [3.63, 3.8) is 0 Å². The summed E-state index contributed by atoms with van der Waals surface area (Å²) >= 11 is 10.1. The van der Waals surface area contributed by atoms with Crippen LogP contribution in [-0.4, -0.2) is 36.5 Å². The Morgan fingerprint density at radius 3 is 2.80 bits per heavy atom. The Kier molecular flexibility index (Phi) is 4.23. The van der Waals surface area contributed by atoms with E-state index < -0.39 is 0 Å². The van der Waals surface area contributed by atoms with Crippen LogP contribution >= 0.6 is 35.1 Å². The van der Waals surface area contributed by atoms with E-state index in [-0.39, 0.29) is 0 Å². The van der Waals surface area contributed by atoms with Crippen LogP contribution < -0.4 is 0 Å². The van der Waals surface area contributed by atoms with E-state index in [1.807, 2.05) is 36.8 Å². The van der Waals surface area contributed by atoms with Gasteiger partial charge in [-0.1, -0.05) is 18.5 Å². The molecule has 2 aromatic heterocycles. The van der Waals surface area contributed by atoms with Crippen LogP contribution in [0.3, 0.4) is 0 Å². The molecule has 0 amide bonds. The highest BCUT2D eigenvalue weighted by atomic mass is 35.5. The average molecular weight is 327 g/mol. The zero-order valence-electron chi connectivity index (χ0n) is 11.3. The molecule has 3 rings (SSSR count). The third-order valence-corrected chi connectivity index (χ3v) is 6.44. The minimum absolute atomic E-state index is 0.308. The van der Waals surface area contributed by atoms with Gasteiger partial charge in [-0.25, -0.2) is 9.97 Å². The van der Waals surface area contributed by atoms with Crippen molar-refractivity contribution in [2.75, 3.05) is 11.5 Å². The molecule has 20 heavy (non-hydrogen) atoms. The van der Waals surface area contributed by atoms with Crippen LogP contribution in [0.1, 0.15) is 18.0 Å². The number of nitrogens with zero attached hydrogens (tertiary/aromatic N) is 4. The number of rotatable bonds is 2. The van der Waals surface area contributed by atoms with Crippen molar-refractivity contribution < 1.29 is 0 Å². The highest BCUT2D eigenvalue weighted by Crippen LogP contribution is 2.41. The number of hydrogen-bond acceptors (Lipinski definition) is 5. The normalized spacial score (nSPS) is 22.9. The molecule has 0 radical (unpaired) electrons. The Morgan fingerprint density at radius 1 is 1.30 bits per heavy atom.